The van der Waals surface area contributed by atoms with Crippen LogP contribution in [0.25, 0.3) is 11.3 Å². The largest absolute Gasteiger partial charge is 0.298 e. The molecule has 0 bridgehead atoms. The number of carbonyl (C=O) groups excluding carboxylic acids is 1. The third-order valence-corrected chi connectivity index (χ3v) is 8.10. The summed E-state index contributed by atoms with van der Waals surface area (Å²) in [6, 6.07) is 16.6. The Morgan fingerprint density at radius 1 is 1.10 bits per heavy atom. The van der Waals surface area contributed by atoms with Crippen LogP contribution in [0, 0.1) is 0 Å². The second kappa shape index (κ2) is 8.20. The van der Waals surface area contributed by atoms with Crippen molar-refractivity contribution in [3.05, 3.63) is 65.0 Å². The SMILES string of the molecule is CC(C)c1sc(NC(=O)c2ccc(N3CCCS3(=O)=O)cc2)nc1-c1ccccc1. The monoisotopic (exact) mass is 441 g/mol. The van der Waals surface area contributed by atoms with Crippen LogP contribution in [0.5, 0.6) is 0 Å². The minimum atomic E-state index is -3.23. The molecule has 0 saturated carbocycles. The summed E-state index contributed by atoms with van der Waals surface area (Å²) in [6.07, 6.45) is 0.622. The van der Waals surface area contributed by atoms with Crippen molar-refractivity contribution < 1.29 is 13.2 Å². The molecular formula is C22H23N3O3S2. The van der Waals surface area contributed by atoms with E-state index in [1.54, 1.807) is 24.3 Å². The zero-order valence-electron chi connectivity index (χ0n) is 16.8. The van der Waals surface area contributed by atoms with Gasteiger partial charge in [-0.15, -0.1) is 11.3 Å². The van der Waals surface area contributed by atoms with Crippen molar-refractivity contribution in [1.29, 1.82) is 0 Å². The summed E-state index contributed by atoms with van der Waals surface area (Å²) in [7, 11) is -3.23. The fourth-order valence-electron chi connectivity index (χ4n) is 3.46. The van der Waals surface area contributed by atoms with Crippen molar-refractivity contribution in [2.75, 3.05) is 21.9 Å². The third-order valence-electron chi connectivity index (χ3n) is 4.96. The van der Waals surface area contributed by atoms with Gasteiger partial charge < -0.3 is 0 Å². The Labute approximate surface area is 180 Å². The van der Waals surface area contributed by atoms with Gasteiger partial charge in [-0.2, -0.15) is 0 Å². The first-order valence-corrected chi connectivity index (χ1v) is 12.3. The molecule has 6 nitrogen and oxygen atoms in total. The number of nitrogens with one attached hydrogen (secondary N) is 1. The molecular weight excluding hydrogens is 418 g/mol. The molecule has 2 aromatic carbocycles. The number of hydrogen-bond donors (Lipinski definition) is 1. The van der Waals surface area contributed by atoms with Crippen molar-refractivity contribution in [3.63, 3.8) is 0 Å². The van der Waals surface area contributed by atoms with Gasteiger partial charge in [-0.05, 0) is 36.6 Å². The van der Waals surface area contributed by atoms with Crippen LogP contribution in [0.15, 0.2) is 54.6 Å². The van der Waals surface area contributed by atoms with Gasteiger partial charge in [0.1, 0.15) is 0 Å². The van der Waals surface area contributed by atoms with Crippen molar-refractivity contribution in [3.8, 4) is 11.3 Å². The predicted molar refractivity (Wildman–Crippen MR) is 122 cm³/mol. The number of sulfonamides is 1. The minimum Gasteiger partial charge on any atom is -0.298 e. The van der Waals surface area contributed by atoms with Crippen LogP contribution in [-0.4, -0.2) is 31.6 Å². The van der Waals surface area contributed by atoms with E-state index in [-0.39, 0.29) is 17.6 Å². The van der Waals surface area contributed by atoms with E-state index < -0.39 is 10.0 Å². The highest BCUT2D eigenvalue weighted by Crippen LogP contribution is 2.36. The normalized spacial score (nSPS) is 15.5. The van der Waals surface area contributed by atoms with Crippen LogP contribution in [0.1, 0.15) is 41.4 Å². The average Bonchev–Trinajstić information content (AvgIpc) is 3.31. The number of aromatic nitrogens is 1. The van der Waals surface area contributed by atoms with Gasteiger partial charge in [0, 0.05) is 22.5 Å². The molecule has 8 heteroatoms. The lowest BCUT2D eigenvalue weighted by atomic mass is 10.1. The molecule has 0 spiro atoms. The van der Waals surface area contributed by atoms with Crippen LogP contribution in [0.4, 0.5) is 10.8 Å². The van der Waals surface area contributed by atoms with E-state index in [9.17, 15) is 13.2 Å². The zero-order valence-corrected chi connectivity index (χ0v) is 18.5. The molecule has 0 radical (unpaired) electrons. The Kier molecular flexibility index (Phi) is 5.62. The molecule has 1 aliphatic rings. The second-order valence-electron chi connectivity index (χ2n) is 7.50. The first kappa shape index (κ1) is 20.6. The summed E-state index contributed by atoms with van der Waals surface area (Å²) >= 11 is 1.48. The summed E-state index contributed by atoms with van der Waals surface area (Å²) in [6.45, 7) is 4.70. The quantitative estimate of drug-likeness (QED) is 0.621. The van der Waals surface area contributed by atoms with Crippen LogP contribution in [0.2, 0.25) is 0 Å². The van der Waals surface area contributed by atoms with Crippen LogP contribution >= 0.6 is 11.3 Å². The Morgan fingerprint density at radius 3 is 2.40 bits per heavy atom. The fourth-order valence-corrected chi connectivity index (χ4v) is 6.01. The Bertz CT molecular complexity index is 1150. The Morgan fingerprint density at radius 2 is 1.80 bits per heavy atom. The summed E-state index contributed by atoms with van der Waals surface area (Å²) in [5.41, 5.74) is 2.96. The number of anilines is 2. The molecule has 1 saturated heterocycles. The van der Waals surface area contributed by atoms with Gasteiger partial charge in [-0.25, -0.2) is 13.4 Å². The smallest absolute Gasteiger partial charge is 0.257 e. The molecule has 0 atom stereocenters. The number of amides is 1. The highest BCUT2D eigenvalue weighted by molar-refractivity contribution is 7.93. The molecule has 156 valence electrons. The zero-order chi connectivity index (χ0) is 21.3. The van der Waals surface area contributed by atoms with Gasteiger partial charge in [0.25, 0.3) is 5.91 Å². The van der Waals surface area contributed by atoms with Crippen molar-refractivity contribution >= 4 is 38.1 Å². The maximum atomic E-state index is 12.7. The van der Waals surface area contributed by atoms with Crippen LogP contribution < -0.4 is 9.62 Å². The standard InChI is InChI=1S/C22H23N3O3S2/c1-15(2)20-19(16-7-4-3-5-8-16)23-22(29-20)24-21(26)17-9-11-18(12-10-17)25-13-6-14-30(25,27)28/h3-5,7-12,15H,6,13-14H2,1-2H3,(H,23,24,26). The maximum absolute atomic E-state index is 12.7. The maximum Gasteiger partial charge on any atom is 0.257 e. The number of carbonyl (C=O) groups is 1. The second-order valence-corrected chi connectivity index (χ2v) is 10.5. The average molecular weight is 442 g/mol. The Hall–Kier alpha value is -2.71. The number of hydrogen-bond acceptors (Lipinski definition) is 5. The molecule has 4 rings (SSSR count). The molecule has 3 aromatic rings. The van der Waals surface area contributed by atoms with E-state index in [1.807, 2.05) is 30.3 Å². The summed E-state index contributed by atoms with van der Waals surface area (Å²) < 4.78 is 25.5. The molecule has 1 aliphatic heterocycles. The number of rotatable bonds is 5. The van der Waals surface area contributed by atoms with E-state index in [0.717, 1.165) is 16.1 Å². The summed E-state index contributed by atoms with van der Waals surface area (Å²) in [5, 5.41) is 3.44. The van der Waals surface area contributed by atoms with E-state index >= 15 is 0 Å². The van der Waals surface area contributed by atoms with Crippen LogP contribution in [0.3, 0.4) is 0 Å². The predicted octanol–water partition coefficient (Wildman–Crippen LogP) is 4.73. The highest BCUT2D eigenvalue weighted by atomic mass is 32.2. The van der Waals surface area contributed by atoms with E-state index in [2.05, 4.69) is 24.1 Å². The molecule has 2 heterocycles. The lowest BCUT2D eigenvalue weighted by Gasteiger charge is -2.16. The van der Waals surface area contributed by atoms with Gasteiger partial charge in [0.15, 0.2) is 5.13 Å². The van der Waals surface area contributed by atoms with Gasteiger partial charge in [0.05, 0.1) is 17.1 Å². The third kappa shape index (κ3) is 4.11. The van der Waals surface area contributed by atoms with Gasteiger partial charge in [0.2, 0.25) is 10.0 Å². The van der Waals surface area contributed by atoms with Gasteiger partial charge >= 0.3 is 0 Å². The number of nitrogens with zero attached hydrogens (tertiary/aromatic N) is 2. The van der Waals surface area contributed by atoms with Crippen molar-refractivity contribution in [1.82, 2.24) is 4.98 Å². The fraction of sp³-hybridized carbons (Fsp3) is 0.273. The van der Waals surface area contributed by atoms with E-state index in [1.165, 1.54) is 15.6 Å². The minimum absolute atomic E-state index is 0.168. The number of thiazole rings is 1. The number of benzene rings is 2. The van der Waals surface area contributed by atoms with E-state index in [0.29, 0.717) is 29.3 Å². The molecule has 0 unspecified atom stereocenters. The molecule has 30 heavy (non-hydrogen) atoms. The Balaban J connectivity index is 1.54. The molecule has 1 amide bonds. The van der Waals surface area contributed by atoms with Gasteiger partial charge in [-0.1, -0.05) is 44.2 Å². The summed E-state index contributed by atoms with van der Waals surface area (Å²) in [4.78, 5) is 18.5. The van der Waals surface area contributed by atoms with Gasteiger partial charge in [-0.3, -0.25) is 14.4 Å². The summed E-state index contributed by atoms with van der Waals surface area (Å²) in [5.74, 6) is 0.181. The first-order valence-electron chi connectivity index (χ1n) is 9.83. The van der Waals surface area contributed by atoms with Crippen molar-refractivity contribution in [2.24, 2.45) is 0 Å². The first-order chi connectivity index (χ1) is 14.3. The molecule has 0 aliphatic carbocycles. The molecule has 1 N–H and O–H groups in total. The topological polar surface area (TPSA) is 79.4 Å². The van der Waals surface area contributed by atoms with Crippen LogP contribution in [-0.2, 0) is 10.0 Å². The molecule has 1 fully saturated rings. The lowest BCUT2D eigenvalue weighted by Crippen LogP contribution is -2.25. The lowest BCUT2D eigenvalue weighted by molar-refractivity contribution is 0.102. The highest BCUT2D eigenvalue weighted by Gasteiger charge is 2.28. The molecule has 1 aromatic heterocycles. The van der Waals surface area contributed by atoms with Crippen molar-refractivity contribution in [2.45, 2.75) is 26.2 Å². The van der Waals surface area contributed by atoms with E-state index in [4.69, 9.17) is 0 Å².